The lowest BCUT2D eigenvalue weighted by Gasteiger charge is -2.38. The Morgan fingerprint density at radius 2 is 1.96 bits per heavy atom. The molecule has 0 saturated heterocycles. The number of fused-ring (bicyclic) bond motifs is 3. The number of rotatable bonds is 4. The second kappa shape index (κ2) is 6.95. The minimum Gasteiger partial charge on any atom is -0.493 e. The molecule has 2 aromatic carbocycles. The van der Waals surface area contributed by atoms with E-state index in [1.54, 1.807) is 25.1 Å². The predicted molar refractivity (Wildman–Crippen MR) is 109 cm³/mol. The molecule has 0 saturated carbocycles. The van der Waals surface area contributed by atoms with E-state index >= 15 is 0 Å². The predicted octanol–water partition coefficient (Wildman–Crippen LogP) is 5.25. The minimum absolute atomic E-state index is 0.0733. The molecule has 2 aliphatic heterocycles. The fraction of sp³-hybridized carbons (Fsp3) is 0.227. The Bertz CT molecular complexity index is 1010. The molecule has 3 aromatic rings. The summed E-state index contributed by atoms with van der Waals surface area (Å²) in [5, 5.41) is 6.94. The first-order valence-electron chi connectivity index (χ1n) is 9.15. The van der Waals surface area contributed by atoms with Crippen molar-refractivity contribution in [2.24, 2.45) is 5.10 Å². The number of hydrogen-bond acceptors (Lipinski definition) is 6. The maximum Gasteiger partial charge on any atom is 0.214 e. The van der Waals surface area contributed by atoms with Crippen LogP contribution in [0.1, 0.15) is 35.6 Å². The van der Waals surface area contributed by atoms with E-state index in [-0.39, 0.29) is 12.3 Å². The topological polar surface area (TPSA) is 47.2 Å². The number of benzene rings is 2. The summed E-state index contributed by atoms with van der Waals surface area (Å²) >= 11 is 1.72. The van der Waals surface area contributed by atoms with Crippen molar-refractivity contribution in [3.63, 3.8) is 0 Å². The highest BCUT2D eigenvalue weighted by molar-refractivity contribution is 7.98. The molecule has 0 unspecified atom stereocenters. The fourth-order valence-electron chi connectivity index (χ4n) is 3.82. The van der Waals surface area contributed by atoms with Crippen LogP contribution >= 0.6 is 11.8 Å². The van der Waals surface area contributed by atoms with E-state index in [1.807, 2.05) is 29.3 Å². The average Bonchev–Trinajstić information content (AvgIpc) is 3.42. The van der Waals surface area contributed by atoms with Gasteiger partial charge in [0, 0.05) is 22.4 Å². The van der Waals surface area contributed by atoms with Crippen LogP contribution in [0.2, 0.25) is 0 Å². The van der Waals surface area contributed by atoms with Crippen LogP contribution in [0, 0.1) is 0 Å². The normalized spacial score (nSPS) is 20.2. The van der Waals surface area contributed by atoms with Crippen molar-refractivity contribution in [1.82, 2.24) is 5.01 Å². The van der Waals surface area contributed by atoms with Crippen LogP contribution in [0.4, 0.5) is 0 Å². The molecule has 6 heteroatoms. The first-order chi connectivity index (χ1) is 13.8. The maximum absolute atomic E-state index is 6.45. The molecule has 2 aliphatic rings. The van der Waals surface area contributed by atoms with Gasteiger partial charge in [-0.05, 0) is 36.6 Å². The summed E-state index contributed by atoms with van der Waals surface area (Å²) in [6, 6.07) is 18.4. The third-order valence-electron chi connectivity index (χ3n) is 5.21. The Morgan fingerprint density at radius 3 is 2.68 bits per heavy atom. The number of thioether (sulfide) groups is 1. The third kappa shape index (κ3) is 2.76. The van der Waals surface area contributed by atoms with E-state index in [1.165, 1.54) is 4.90 Å². The zero-order valence-corrected chi connectivity index (χ0v) is 16.5. The second-order valence-corrected chi connectivity index (χ2v) is 7.63. The van der Waals surface area contributed by atoms with Gasteiger partial charge >= 0.3 is 0 Å². The smallest absolute Gasteiger partial charge is 0.214 e. The van der Waals surface area contributed by atoms with Crippen LogP contribution in [-0.4, -0.2) is 24.1 Å². The molecule has 142 valence electrons. The largest absolute Gasteiger partial charge is 0.493 e. The van der Waals surface area contributed by atoms with Crippen molar-refractivity contribution in [2.45, 2.75) is 23.6 Å². The standard InChI is InChI=1S/C22H20N2O3S/c1-25-20-6-3-5-16-18-13-17(19-7-4-12-26-19)23-24(18)22(27-21(16)20)14-8-10-15(28-2)11-9-14/h3-12,18,22H,13H2,1-2H3/t18-,22+/m0/s1. The molecular formula is C22H20N2O3S. The van der Waals surface area contributed by atoms with Crippen molar-refractivity contribution in [1.29, 1.82) is 0 Å². The van der Waals surface area contributed by atoms with Gasteiger partial charge in [0.15, 0.2) is 11.5 Å². The minimum atomic E-state index is -0.322. The highest BCUT2D eigenvalue weighted by atomic mass is 32.2. The number of ether oxygens (including phenoxy) is 2. The van der Waals surface area contributed by atoms with Crippen molar-refractivity contribution in [3.05, 3.63) is 77.7 Å². The van der Waals surface area contributed by atoms with Gasteiger partial charge in [-0.2, -0.15) is 5.10 Å². The van der Waals surface area contributed by atoms with Gasteiger partial charge in [0.2, 0.25) is 6.23 Å². The average molecular weight is 392 g/mol. The molecule has 0 spiro atoms. The van der Waals surface area contributed by atoms with Gasteiger partial charge in [0.1, 0.15) is 11.5 Å². The van der Waals surface area contributed by atoms with Crippen LogP contribution in [-0.2, 0) is 0 Å². The van der Waals surface area contributed by atoms with E-state index in [0.29, 0.717) is 0 Å². The highest BCUT2D eigenvalue weighted by Crippen LogP contribution is 2.50. The van der Waals surface area contributed by atoms with Crippen LogP contribution < -0.4 is 9.47 Å². The first-order valence-corrected chi connectivity index (χ1v) is 10.4. The molecule has 28 heavy (non-hydrogen) atoms. The van der Waals surface area contributed by atoms with Crippen LogP contribution in [0.25, 0.3) is 0 Å². The van der Waals surface area contributed by atoms with Gasteiger partial charge in [-0.1, -0.05) is 24.3 Å². The first kappa shape index (κ1) is 17.3. The summed E-state index contributed by atoms with van der Waals surface area (Å²) in [6.07, 6.45) is 4.19. The lowest BCUT2D eigenvalue weighted by molar-refractivity contribution is -0.0209. The molecule has 0 amide bonds. The summed E-state index contributed by atoms with van der Waals surface area (Å²) in [7, 11) is 1.67. The number of hydrogen-bond donors (Lipinski definition) is 0. The van der Waals surface area contributed by atoms with Gasteiger partial charge in [0.25, 0.3) is 0 Å². The fourth-order valence-corrected chi connectivity index (χ4v) is 4.23. The molecule has 0 radical (unpaired) electrons. The van der Waals surface area contributed by atoms with Crippen LogP contribution in [0.15, 0.2) is 75.3 Å². The Balaban J connectivity index is 1.61. The SMILES string of the molecule is COc1cccc2c1O[C@H](c1ccc(SC)cc1)N1N=C(c3ccco3)C[C@@H]21. The molecule has 0 fully saturated rings. The Hall–Kier alpha value is -2.86. The quantitative estimate of drug-likeness (QED) is 0.567. The second-order valence-electron chi connectivity index (χ2n) is 6.75. The van der Waals surface area contributed by atoms with E-state index < -0.39 is 0 Å². The monoisotopic (exact) mass is 392 g/mol. The summed E-state index contributed by atoms with van der Waals surface area (Å²) in [5.41, 5.74) is 3.07. The molecule has 3 heterocycles. The van der Waals surface area contributed by atoms with Gasteiger partial charge in [-0.25, -0.2) is 5.01 Å². The van der Waals surface area contributed by atoms with Crippen molar-refractivity contribution in [3.8, 4) is 11.5 Å². The van der Waals surface area contributed by atoms with Gasteiger partial charge in [-0.15, -0.1) is 11.8 Å². The van der Waals surface area contributed by atoms with E-state index in [9.17, 15) is 0 Å². The van der Waals surface area contributed by atoms with Crippen molar-refractivity contribution >= 4 is 17.5 Å². The molecule has 5 rings (SSSR count). The molecular weight excluding hydrogens is 372 g/mol. The summed E-state index contributed by atoms with van der Waals surface area (Å²) in [4.78, 5) is 1.22. The molecule has 0 bridgehead atoms. The maximum atomic E-state index is 6.45. The van der Waals surface area contributed by atoms with Crippen LogP contribution in [0.3, 0.4) is 0 Å². The number of methoxy groups -OCH3 is 1. The Labute approximate surface area is 167 Å². The number of furan rings is 1. The lowest BCUT2D eigenvalue weighted by Crippen LogP contribution is -2.33. The van der Waals surface area contributed by atoms with Crippen molar-refractivity contribution in [2.75, 3.05) is 13.4 Å². The molecule has 5 nitrogen and oxygen atoms in total. The van der Waals surface area contributed by atoms with E-state index in [2.05, 4.69) is 36.6 Å². The molecule has 0 N–H and O–H groups in total. The third-order valence-corrected chi connectivity index (χ3v) is 5.95. The van der Waals surface area contributed by atoms with Gasteiger partial charge in [0.05, 0.1) is 19.4 Å². The Morgan fingerprint density at radius 1 is 1.11 bits per heavy atom. The summed E-state index contributed by atoms with van der Waals surface area (Å²) in [5.74, 6) is 2.34. The highest BCUT2D eigenvalue weighted by Gasteiger charge is 2.42. The Kier molecular flexibility index (Phi) is 4.28. The number of nitrogens with zero attached hydrogens (tertiary/aromatic N) is 2. The summed E-state index contributed by atoms with van der Waals surface area (Å²) < 4.78 is 17.6. The van der Waals surface area contributed by atoms with Crippen molar-refractivity contribution < 1.29 is 13.9 Å². The van der Waals surface area contributed by atoms with E-state index in [0.717, 1.165) is 40.5 Å². The van der Waals surface area contributed by atoms with Crippen LogP contribution in [0.5, 0.6) is 11.5 Å². The number of hydrazone groups is 1. The van der Waals surface area contributed by atoms with Gasteiger partial charge < -0.3 is 13.9 Å². The van der Waals surface area contributed by atoms with E-state index in [4.69, 9.17) is 19.0 Å². The molecule has 0 aliphatic carbocycles. The zero-order chi connectivity index (χ0) is 19.1. The lowest BCUT2D eigenvalue weighted by atomic mass is 9.97. The number of para-hydroxylation sites is 1. The summed E-state index contributed by atoms with van der Waals surface area (Å²) in [6.45, 7) is 0. The molecule has 1 aromatic heterocycles. The molecule has 2 atom stereocenters. The zero-order valence-electron chi connectivity index (χ0n) is 15.7. The van der Waals surface area contributed by atoms with Gasteiger partial charge in [-0.3, -0.25) is 0 Å².